The zero-order valence-electron chi connectivity index (χ0n) is 14.2. The number of hydrogen-bond acceptors (Lipinski definition) is 2. The number of hydrogen-bond donors (Lipinski definition) is 1. The Bertz CT molecular complexity index is 869. The minimum absolute atomic E-state index is 0.0829. The first-order chi connectivity index (χ1) is 12.2. The quantitative estimate of drug-likeness (QED) is 0.597. The molecule has 1 saturated heterocycles. The van der Waals surface area contributed by atoms with E-state index in [1.807, 2.05) is 12.1 Å². The molecule has 1 aliphatic rings. The molecule has 3 aromatic rings. The monoisotopic (exact) mass is 395 g/mol. The zero-order chi connectivity index (χ0) is 17.2. The average molecular weight is 396 g/mol. The first-order valence-corrected chi connectivity index (χ1v) is 9.73. The van der Waals surface area contributed by atoms with Crippen LogP contribution in [0.2, 0.25) is 0 Å². The summed E-state index contributed by atoms with van der Waals surface area (Å²) in [7, 11) is 0. The number of fused-ring (bicyclic) bond motifs is 1. The van der Waals surface area contributed by atoms with Crippen LogP contribution in [0.5, 0.6) is 5.75 Å². The van der Waals surface area contributed by atoms with Gasteiger partial charge in [0.05, 0.1) is 6.04 Å². The number of phenols is 1. The van der Waals surface area contributed by atoms with E-state index in [9.17, 15) is 5.11 Å². The highest BCUT2D eigenvalue weighted by molar-refractivity contribution is 9.10. The van der Waals surface area contributed by atoms with E-state index in [2.05, 4.69) is 69.4 Å². The summed E-state index contributed by atoms with van der Waals surface area (Å²) in [5.41, 5.74) is 2.26. The Labute approximate surface area is 157 Å². The van der Waals surface area contributed by atoms with Crippen molar-refractivity contribution in [2.24, 2.45) is 0 Å². The Balaban J connectivity index is 1.91. The molecule has 1 heterocycles. The second-order valence-electron chi connectivity index (χ2n) is 6.77. The van der Waals surface area contributed by atoms with E-state index in [1.54, 1.807) is 0 Å². The Hall–Kier alpha value is -1.84. The Kier molecular flexibility index (Phi) is 4.78. The minimum Gasteiger partial charge on any atom is -0.508 e. The highest BCUT2D eigenvalue weighted by Gasteiger charge is 2.27. The molecule has 0 aromatic heterocycles. The number of rotatable bonds is 3. The molecule has 0 amide bonds. The van der Waals surface area contributed by atoms with Crippen LogP contribution in [0.1, 0.15) is 36.4 Å². The standard InChI is InChI=1S/C22H22BrNO/c23-18-11-8-17(9-12-18)22(24-14-4-1-5-15-24)21-19-7-3-2-6-16(19)10-13-20(21)25/h2-3,6-13,22,25H,1,4-5,14-15H2/t22-/m1/s1. The van der Waals surface area contributed by atoms with Gasteiger partial charge in [-0.15, -0.1) is 0 Å². The van der Waals surface area contributed by atoms with E-state index in [0.717, 1.165) is 28.5 Å². The Morgan fingerprint density at radius 1 is 0.840 bits per heavy atom. The normalized spacial score (nSPS) is 16.8. The lowest BCUT2D eigenvalue weighted by Crippen LogP contribution is -2.34. The highest BCUT2D eigenvalue weighted by Crippen LogP contribution is 2.40. The second kappa shape index (κ2) is 7.19. The summed E-state index contributed by atoms with van der Waals surface area (Å²) in [6, 6.07) is 20.8. The van der Waals surface area contributed by atoms with Crippen LogP contribution < -0.4 is 0 Å². The lowest BCUT2D eigenvalue weighted by Gasteiger charge is -2.36. The van der Waals surface area contributed by atoms with Gasteiger partial charge < -0.3 is 5.11 Å². The topological polar surface area (TPSA) is 23.5 Å². The highest BCUT2D eigenvalue weighted by atomic mass is 79.9. The molecular weight excluding hydrogens is 374 g/mol. The van der Waals surface area contributed by atoms with Crippen molar-refractivity contribution in [2.75, 3.05) is 13.1 Å². The van der Waals surface area contributed by atoms with Crippen molar-refractivity contribution in [2.45, 2.75) is 25.3 Å². The molecule has 0 radical (unpaired) electrons. The van der Waals surface area contributed by atoms with Crippen LogP contribution in [0, 0.1) is 0 Å². The van der Waals surface area contributed by atoms with E-state index < -0.39 is 0 Å². The maximum Gasteiger partial charge on any atom is 0.121 e. The van der Waals surface area contributed by atoms with Crippen LogP contribution in [0.25, 0.3) is 10.8 Å². The molecule has 2 nitrogen and oxygen atoms in total. The van der Waals surface area contributed by atoms with Crippen molar-refractivity contribution in [3.63, 3.8) is 0 Å². The molecule has 4 rings (SSSR count). The number of nitrogens with zero attached hydrogens (tertiary/aromatic N) is 1. The van der Waals surface area contributed by atoms with Gasteiger partial charge in [-0.1, -0.05) is 64.8 Å². The Morgan fingerprint density at radius 3 is 2.32 bits per heavy atom. The van der Waals surface area contributed by atoms with Gasteiger partial charge >= 0.3 is 0 Å². The van der Waals surface area contributed by atoms with E-state index >= 15 is 0 Å². The van der Waals surface area contributed by atoms with Crippen molar-refractivity contribution in [3.8, 4) is 5.75 Å². The minimum atomic E-state index is 0.0829. The molecule has 128 valence electrons. The maximum absolute atomic E-state index is 10.8. The van der Waals surface area contributed by atoms with Crippen molar-refractivity contribution in [1.82, 2.24) is 4.90 Å². The summed E-state index contributed by atoms with van der Waals surface area (Å²) >= 11 is 3.54. The smallest absolute Gasteiger partial charge is 0.121 e. The van der Waals surface area contributed by atoms with Crippen LogP contribution >= 0.6 is 15.9 Å². The second-order valence-corrected chi connectivity index (χ2v) is 7.69. The lowest BCUT2D eigenvalue weighted by atomic mass is 9.90. The molecule has 25 heavy (non-hydrogen) atoms. The predicted octanol–water partition coefficient (Wildman–Crippen LogP) is 5.88. The van der Waals surface area contributed by atoms with Crippen molar-refractivity contribution >= 4 is 26.7 Å². The number of halogens is 1. The van der Waals surface area contributed by atoms with Gasteiger partial charge in [0.1, 0.15) is 5.75 Å². The van der Waals surface area contributed by atoms with Crippen molar-refractivity contribution < 1.29 is 5.11 Å². The fraction of sp³-hybridized carbons (Fsp3) is 0.273. The maximum atomic E-state index is 10.8. The summed E-state index contributed by atoms with van der Waals surface area (Å²) in [5.74, 6) is 0.386. The van der Waals surface area contributed by atoms with Gasteiger partial charge in [0.25, 0.3) is 0 Å². The predicted molar refractivity (Wildman–Crippen MR) is 107 cm³/mol. The fourth-order valence-corrected chi connectivity index (χ4v) is 4.22. The number of phenolic OH excluding ortho intramolecular Hbond substituents is 1. The Morgan fingerprint density at radius 2 is 1.56 bits per heavy atom. The van der Waals surface area contributed by atoms with Gasteiger partial charge in [0.15, 0.2) is 0 Å². The largest absolute Gasteiger partial charge is 0.508 e. The van der Waals surface area contributed by atoms with Crippen LogP contribution in [0.4, 0.5) is 0 Å². The third kappa shape index (κ3) is 3.31. The van der Waals surface area contributed by atoms with Crippen molar-refractivity contribution in [1.29, 1.82) is 0 Å². The number of benzene rings is 3. The van der Waals surface area contributed by atoms with Crippen LogP contribution in [0.15, 0.2) is 65.1 Å². The number of likely N-dealkylation sites (tertiary alicyclic amines) is 1. The van der Waals surface area contributed by atoms with Gasteiger partial charge in [0.2, 0.25) is 0 Å². The van der Waals surface area contributed by atoms with Crippen LogP contribution in [-0.4, -0.2) is 23.1 Å². The summed E-state index contributed by atoms with van der Waals surface area (Å²) < 4.78 is 1.08. The van der Waals surface area contributed by atoms with Crippen molar-refractivity contribution in [3.05, 3.63) is 76.3 Å². The molecule has 0 bridgehead atoms. The van der Waals surface area contributed by atoms with Gasteiger partial charge in [-0.2, -0.15) is 0 Å². The molecule has 1 aliphatic heterocycles. The number of piperidine rings is 1. The molecular formula is C22H22BrNO. The summed E-state index contributed by atoms with van der Waals surface area (Å²) in [6.07, 6.45) is 3.74. The molecule has 3 aromatic carbocycles. The third-order valence-corrected chi connectivity index (χ3v) is 5.69. The fourth-order valence-electron chi connectivity index (χ4n) is 3.95. The molecule has 0 saturated carbocycles. The molecule has 0 aliphatic carbocycles. The van der Waals surface area contributed by atoms with E-state index in [4.69, 9.17) is 0 Å². The summed E-state index contributed by atoms with van der Waals surface area (Å²) in [5, 5.41) is 13.1. The first-order valence-electron chi connectivity index (χ1n) is 8.94. The van der Waals surface area contributed by atoms with Gasteiger partial charge in [-0.3, -0.25) is 4.90 Å². The molecule has 1 atom stereocenters. The lowest BCUT2D eigenvalue weighted by molar-refractivity contribution is 0.186. The first kappa shape index (κ1) is 16.6. The average Bonchev–Trinajstić information content (AvgIpc) is 2.66. The number of aromatic hydroxyl groups is 1. The summed E-state index contributed by atoms with van der Waals surface area (Å²) in [4.78, 5) is 2.52. The SMILES string of the molecule is Oc1ccc2ccccc2c1[C@@H](c1ccc(Br)cc1)N1CCCCC1. The molecule has 3 heteroatoms. The molecule has 0 unspecified atom stereocenters. The van der Waals surface area contributed by atoms with Gasteiger partial charge in [-0.25, -0.2) is 0 Å². The van der Waals surface area contributed by atoms with Crippen LogP contribution in [-0.2, 0) is 0 Å². The van der Waals surface area contributed by atoms with Gasteiger partial charge in [-0.05, 0) is 60.5 Å². The molecule has 1 N–H and O–H groups in total. The van der Waals surface area contributed by atoms with E-state index in [0.29, 0.717) is 5.75 Å². The van der Waals surface area contributed by atoms with E-state index in [1.165, 1.54) is 30.2 Å². The van der Waals surface area contributed by atoms with Crippen LogP contribution in [0.3, 0.4) is 0 Å². The summed E-state index contributed by atoms with van der Waals surface area (Å²) in [6.45, 7) is 2.15. The van der Waals surface area contributed by atoms with E-state index in [-0.39, 0.29) is 6.04 Å². The molecule has 1 fully saturated rings. The zero-order valence-corrected chi connectivity index (χ0v) is 15.7. The van der Waals surface area contributed by atoms with Gasteiger partial charge in [0, 0.05) is 10.0 Å². The molecule has 0 spiro atoms. The third-order valence-electron chi connectivity index (χ3n) is 5.16.